The van der Waals surface area contributed by atoms with Gasteiger partial charge in [0.25, 0.3) is 0 Å². The maximum atomic E-state index is 5.26. The summed E-state index contributed by atoms with van der Waals surface area (Å²) in [7, 11) is 1.66. The highest BCUT2D eigenvalue weighted by Crippen LogP contribution is 2.33. The molecule has 5 nitrogen and oxygen atoms in total. The lowest BCUT2D eigenvalue weighted by Gasteiger charge is -2.02. The Balaban J connectivity index is 1.86. The maximum Gasteiger partial charge on any atom is 0.187 e. The van der Waals surface area contributed by atoms with E-state index >= 15 is 0 Å². The predicted molar refractivity (Wildman–Crippen MR) is 107 cm³/mol. The summed E-state index contributed by atoms with van der Waals surface area (Å²) < 4.78 is 7.24. The molecule has 0 amide bonds. The quantitative estimate of drug-likeness (QED) is 0.418. The van der Waals surface area contributed by atoms with Gasteiger partial charge in [0.15, 0.2) is 5.82 Å². The first-order valence-corrected chi connectivity index (χ1v) is 8.75. The normalized spacial score (nSPS) is 11.4. The molecule has 0 aliphatic heterocycles. The van der Waals surface area contributed by atoms with Crippen LogP contribution in [0.2, 0.25) is 0 Å². The Morgan fingerprint density at radius 3 is 2.44 bits per heavy atom. The largest absolute Gasteiger partial charge is 0.497 e. The lowest BCUT2D eigenvalue weighted by molar-refractivity contribution is 0.415. The van der Waals surface area contributed by atoms with Crippen LogP contribution in [0.15, 0.2) is 77.1 Å². The minimum Gasteiger partial charge on any atom is -0.497 e. The van der Waals surface area contributed by atoms with Crippen LogP contribution in [0.25, 0.3) is 16.9 Å². The van der Waals surface area contributed by atoms with Crippen LogP contribution in [0, 0.1) is 13.8 Å². The Labute approximate surface area is 158 Å². The van der Waals surface area contributed by atoms with Crippen LogP contribution in [0.5, 0.6) is 5.75 Å². The summed E-state index contributed by atoms with van der Waals surface area (Å²) in [5.41, 5.74) is 5.70. The third kappa shape index (κ3) is 3.44. The standard InChI is InChI=1S/C22H20N4O/c1-15-5-4-6-18(13-15)24-25-22-21(17-8-10-19(27-3)11-9-17)23-20-12-7-16(2)14-26(20)22/h4-14H,1-3H3. The third-order valence-electron chi connectivity index (χ3n) is 4.37. The molecule has 2 aromatic heterocycles. The maximum absolute atomic E-state index is 5.26. The van der Waals surface area contributed by atoms with Gasteiger partial charge >= 0.3 is 0 Å². The molecule has 0 aliphatic carbocycles. The fourth-order valence-corrected chi connectivity index (χ4v) is 2.97. The molecular formula is C22H20N4O. The minimum absolute atomic E-state index is 0.709. The van der Waals surface area contributed by atoms with E-state index in [4.69, 9.17) is 9.72 Å². The van der Waals surface area contributed by atoms with E-state index in [9.17, 15) is 0 Å². The summed E-state index contributed by atoms with van der Waals surface area (Å²) in [5.74, 6) is 1.52. The third-order valence-corrected chi connectivity index (χ3v) is 4.37. The van der Waals surface area contributed by atoms with E-state index in [2.05, 4.69) is 10.2 Å². The number of imidazole rings is 1. The molecule has 0 bridgehead atoms. The molecule has 0 N–H and O–H groups in total. The monoisotopic (exact) mass is 356 g/mol. The number of rotatable bonds is 4. The highest BCUT2D eigenvalue weighted by molar-refractivity contribution is 5.75. The van der Waals surface area contributed by atoms with Crippen molar-refractivity contribution in [1.82, 2.24) is 9.38 Å². The van der Waals surface area contributed by atoms with Crippen LogP contribution in [0.4, 0.5) is 11.5 Å². The van der Waals surface area contributed by atoms with Gasteiger partial charge < -0.3 is 4.74 Å². The lowest BCUT2D eigenvalue weighted by atomic mass is 10.1. The fraction of sp³-hybridized carbons (Fsp3) is 0.136. The van der Waals surface area contributed by atoms with Crippen molar-refractivity contribution in [2.75, 3.05) is 7.11 Å². The van der Waals surface area contributed by atoms with Crippen LogP contribution in [-0.2, 0) is 0 Å². The molecule has 27 heavy (non-hydrogen) atoms. The molecule has 0 fully saturated rings. The zero-order valence-electron chi connectivity index (χ0n) is 15.5. The van der Waals surface area contributed by atoms with Gasteiger partial charge in [0.1, 0.15) is 17.1 Å². The second-order valence-corrected chi connectivity index (χ2v) is 6.49. The highest BCUT2D eigenvalue weighted by atomic mass is 16.5. The van der Waals surface area contributed by atoms with Gasteiger partial charge in [-0.25, -0.2) is 4.98 Å². The fourth-order valence-electron chi connectivity index (χ4n) is 2.97. The molecule has 0 radical (unpaired) electrons. The van der Waals surface area contributed by atoms with E-state index in [1.54, 1.807) is 7.11 Å². The van der Waals surface area contributed by atoms with Crippen molar-refractivity contribution in [2.45, 2.75) is 13.8 Å². The van der Waals surface area contributed by atoms with Gasteiger partial charge in [-0.3, -0.25) is 4.40 Å². The Kier molecular flexibility index (Phi) is 4.42. The van der Waals surface area contributed by atoms with E-state index in [0.717, 1.165) is 39.5 Å². The van der Waals surface area contributed by atoms with E-state index in [0.29, 0.717) is 5.82 Å². The molecule has 0 spiro atoms. The first kappa shape index (κ1) is 17.0. The van der Waals surface area contributed by atoms with Crippen molar-refractivity contribution in [2.24, 2.45) is 10.2 Å². The average Bonchev–Trinajstić information content (AvgIpc) is 3.04. The number of fused-ring (bicyclic) bond motifs is 1. The number of methoxy groups -OCH3 is 1. The summed E-state index contributed by atoms with van der Waals surface area (Å²) >= 11 is 0. The second kappa shape index (κ2) is 7.03. The van der Waals surface area contributed by atoms with E-state index in [1.165, 1.54) is 0 Å². The van der Waals surface area contributed by atoms with E-state index in [1.807, 2.05) is 85.1 Å². The number of benzene rings is 2. The van der Waals surface area contributed by atoms with Gasteiger partial charge in [0, 0.05) is 11.8 Å². The van der Waals surface area contributed by atoms with E-state index in [-0.39, 0.29) is 0 Å². The number of pyridine rings is 1. The van der Waals surface area contributed by atoms with Crippen molar-refractivity contribution in [3.8, 4) is 17.0 Å². The Hall–Kier alpha value is -3.47. The number of hydrogen-bond donors (Lipinski definition) is 0. The summed E-state index contributed by atoms with van der Waals surface area (Å²) in [5, 5.41) is 9.01. The summed E-state index contributed by atoms with van der Waals surface area (Å²) in [6.07, 6.45) is 2.03. The van der Waals surface area contributed by atoms with Crippen LogP contribution >= 0.6 is 0 Å². The van der Waals surface area contributed by atoms with Gasteiger partial charge in [-0.2, -0.15) is 0 Å². The molecular weight excluding hydrogens is 336 g/mol. The number of aryl methyl sites for hydroxylation is 2. The van der Waals surface area contributed by atoms with Crippen molar-refractivity contribution in [3.63, 3.8) is 0 Å². The minimum atomic E-state index is 0.709. The molecule has 0 unspecified atom stereocenters. The molecule has 4 aromatic rings. The number of nitrogens with zero attached hydrogens (tertiary/aromatic N) is 4. The van der Waals surface area contributed by atoms with Gasteiger partial charge in [0.2, 0.25) is 0 Å². The topological polar surface area (TPSA) is 51.2 Å². The first-order chi connectivity index (χ1) is 13.1. The number of aromatic nitrogens is 2. The van der Waals surface area contributed by atoms with Gasteiger partial charge in [-0.05, 0) is 67.4 Å². The number of hydrogen-bond acceptors (Lipinski definition) is 4. The zero-order chi connectivity index (χ0) is 18.8. The summed E-state index contributed by atoms with van der Waals surface area (Å²) in [6.45, 7) is 4.09. The molecule has 2 aromatic carbocycles. The molecule has 0 saturated carbocycles. The summed E-state index contributed by atoms with van der Waals surface area (Å²) in [4.78, 5) is 4.78. The highest BCUT2D eigenvalue weighted by Gasteiger charge is 2.14. The molecule has 4 rings (SSSR count). The SMILES string of the molecule is COc1ccc(-c2nc3ccc(C)cn3c2N=Nc2cccc(C)c2)cc1. The Morgan fingerprint density at radius 1 is 0.889 bits per heavy atom. The molecule has 5 heteroatoms. The second-order valence-electron chi connectivity index (χ2n) is 6.49. The molecule has 0 atom stereocenters. The van der Waals surface area contributed by atoms with E-state index < -0.39 is 0 Å². The van der Waals surface area contributed by atoms with Crippen LogP contribution in [0.1, 0.15) is 11.1 Å². The number of ether oxygens (including phenoxy) is 1. The molecule has 134 valence electrons. The Morgan fingerprint density at radius 2 is 1.70 bits per heavy atom. The smallest absolute Gasteiger partial charge is 0.187 e. The molecule has 2 heterocycles. The first-order valence-electron chi connectivity index (χ1n) is 8.75. The summed E-state index contributed by atoms with van der Waals surface area (Å²) in [6, 6.07) is 19.8. The van der Waals surface area contributed by atoms with Crippen LogP contribution < -0.4 is 4.74 Å². The average molecular weight is 356 g/mol. The van der Waals surface area contributed by atoms with Crippen LogP contribution in [-0.4, -0.2) is 16.5 Å². The van der Waals surface area contributed by atoms with Crippen molar-refractivity contribution < 1.29 is 4.74 Å². The lowest BCUT2D eigenvalue weighted by Crippen LogP contribution is -1.85. The van der Waals surface area contributed by atoms with Gasteiger partial charge in [-0.15, -0.1) is 10.2 Å². The van der Waals surface area contributed by atoms with Crippen LogP contribution in [0.3, 0.4) is 0 Å². The van der Waals surface area contributed by atoms with Crippen molar-refractivity contribution in [1.29, 1.82) is 0 Å². The molecule has 0 aliphatic rings. The van der Waals surface area contributed by atoms with Crippen molar-refractivity contribution >= 4 is 17.2 Å². The van der Waals surface area contributed by atoms with Gasteiger partial charge in [-0.1, -0.05) is 18.2 Å². The number of azo groups is 1. The van der Waals surface area contributed by atoms with Crippen molar-refractivity contribution in [3.05, 3.63) is 78.0 Å². The zero-order valence-corrected chi connectivity index (χ0v) is 15.5. The van der Waals surface area contributed by atoms with Gasteiger partial charge in [0.05, 0.1) is 12.8 Å². The Bertz CT molecular complexity index is 1130. The predicted octanol–water partition coefficient (Wildman–Crippen LogP) is 6.04. The molecule has 0 saturated heterocycles.